The van der Waals surface area contributed by atoms with Crippen molar-refractivity contribution in [1.82, 2.24) is 0 Å². The number of halogens is 4. The van der Waals surface area contributed by atoms with Crippen LogP contribution in [0, 0.1) is 13.8 Å². The summed E-state index contributed by atoms with van der Waals surface area (Å²) in [7, 11) is 0. The van der Waals surface area contributed by atoms with Crippen LogP contribution in [0.3, 0.4) is 0 Å². The van der Waals surface area contributed by atoms with Gasteiger partial charge in [0.2, 0.25) is 11.2 Å². The molecule has 5 nitrogen and oxygen atoms in total. The summed E-state index contributed by atoms with van der Waals surface area (Å²) in [5.41, 5.74) is 0.578. The van der Waals surface area contributed by atoms with E-state index in [1.165, 1.54) is 30.3 Å². The molecule has 0 spiro atoms. The van der Waals surface area contributed by atoms with Crippen LogP contribution in [0.2, 0.25) is 5.02 Å². The second kappa shape index (κ2) is 9.46. The Morgan fingerprint density at radius 3 is 2.49 bits per heavy atom. The smallest absolute Gasteiger partial charge is 0.450 e. The summed E-state index contributed by atoms with van der Waals surface area (Å²) < 4.78 is 52.1. The van der Waals surface area contributed by atoms with Crippen LogP contribution in [-0.2, 0) is 11.0 Å². The molecule has 35 heavy (non-hydrogen) atoms. The predicted molar refractivity (Wildman–Crippen MR) is 128 cm³/mol. The molecule has 0 fully saturated rings. The molecule has 4 aromatic rings. The number of aryl methyl sites for hydroxylation is 2. The standard InChI is InChI=1S/C26H19ClF3NO4/c1-14-7-10-20(15(2)11-14)31-22(32)13-34-16-8-9-18-21(12-16)35-25(26(28,29)30)23(24(18)33)17-5-3-4-6-19(17)27/h3-12H,13H2,1-2H3,(H,31,32). The lowest BCUT2D eigenvalue weighted by atomic mass is 10.0. The van der Waals surface area contributed by atoms with E-state index in [0.29, 0.717) is 5.69 Å². The molecule has 4 rings (SSSR count). The molecule has 0 unspecified atom stereocenters. The minimum atomic E-state index is -4.95. The zero-order valence-electron chi connectivity index (χ0n) is 18.6. The Bertz CT molecular complexity index is 1490. The fraction of sp³-hybridized carbons (Fsp3) is 0.154. The average Bonchev–Trinajstić information content (AvgIpc) is 2.79. The number of anilines is 1. The van der Waals surface area contributed by atoms with E-state index in [-0.39, 0.29) is 27.3 Å². The van der Waals surface area contributed by atoms with E-state index in [9.17, 15) is 22.8 Å². The number of benzene rings is 3. The first-order chi connectivity index (χ1) is 16.5. The number of alkyl halides is 3. The lowest BCUT2D eigenvalue weighted by molar-refractivity contribution is -0.152. The van der Waals surface area contributed by atoms with Crippen molar-refractivity contribution in [3.8, 4) is 16.9 Å². The SMILES string of the molecule is Cc1ccc(NC(=O)COc2ccc3c(=O)c(-c4ccccc4Cl)c(C(F)(F)F)oc3c2)c(C)c1. The van der Waals surface area contributed by atoms with Crippen LogP contribution >= 0.6 is 11.6 Å². The van der Waals surface area contributed by atoms with Gasteiger partial charge >= 0.3 is 6.18 Å². The molecule has 0 atom stereocenters. The highest BCUT2D eigenvalue weighted by Gasteiger charge is 2.39. The summed E-state index contributed by atoms with van der Waals surface area (Å²) in [5.74, 6) is -1.86. The molecule has 0 radical (unpaired) electrons. The normalized spacial score (nSPS) is 11.5. The molecule has 0 bridgehead atoms. The molecule has 180 valence electrons. The van der Waals surface area contributed by atoms with Gasteiger partial charge in [0.15, 0.2) is 6.61 Å². The Kier molecular flexibility index (Phi) is 6.58. The monoisotopic (exact) mass is 501 g/mol. The molecular weight excluding hydrogens is 483 g/mol. The van der Waals surface area contributed by atoms with Crippen molar-refractivity contribution in [2.24, 2.45) is 0 Å². The average molecular weight is 502 g/mol. The Morgan fingerprint density at radius 1 is 1.06 bits per heavy atom. The Hall–Kier alpha value is -3.78. The van der Waals surface area contributed by atoms with Crippen LogP contribution in [-0.4, -0.2) is 12.5 Å². The maximum atomic E-state index is 13.8. The van der Waals surface area contributed by atoms with Crippen molar-refractivity contribution in [2.45, 2.75) is 20.0 Å². The Morgan fingerprint density at radius 2 is 1.80 bits per heavy atom. The minimum Gasteiger partial charge on any atom is -0.484 e. The summed E-state index contributed by atoms with van der Waals surface area (Å²) in [6.45, 7) is 3.39. The molecule has 3 aromatic carbocycles. The molecule has 0 aliphatic heterocycles. The molecule has 0 aliphatic rings. The summed E-state index contributed by atoms with van der Waals surface area (Å²) >= 11 is 6.07. The van der Waals surface area contributed by atoms with E-state index in [2.05, 4.69) is 5.32 Å². The Labute approximate surface area is 203 Å². The highest BCUT2D eigenvalue weighted by molar-refractivity contribution is 6.33. The maximum absolute atomic E-state index is 13.8. The number of ether oxygens (including phenoxy) is 1. The minimum absolute atomic E-state index is 0.0144. The zero-order chi connectivity index (χ0) is 25.3. The number of hydrogen-bond donors (Lipinski definition) is 1. The van der Waals surface area contributed by atoms with Crippen molar-refractivity contribution in [3.63, 3.8) is 0 Å². The zero-order valence-corrected chi connectivity index (χ0v) is 19.4. The van der Waals surface area contributed by atoms with E-state index in [4.69, 9.17) is 20.8 Å². The second-order valence-electron chi connectivity index (χ2n) is 7.93. The predicted octanol–water partition coefficient (Wildman–Crippen LogP) is 6.77. The van der Waals surface area contributed by atoms with E-state index in [1.807, 2.05) is 26.0 Å². The van der Waals surface area contributed by atoms with E-state index in [1.54, 1.807) is 12.1 Å². The van der Waals surface area contributed by atoms with Gasteiger partial charge in [-0.2, -0.15) is 13.2 Å². The third kappa shape index (κ3) is 5.17. The van der Waals surface area contributed by atoms with Crippen molar-refractivity contribution < 1.29 is 27.1 Å². The topological polar surface area (TPSA) is 68.5 Å². The van der Waals surface area contributed by atoms with Crippen LogP contribution < -0.4 is 15.5 Å². The molecule has 0 saturated carbocycles. The number of nitrogens with one attached hydrogen (secondary N) is 1. The number of rotatable bonds is 5. The third-order valence-corrected chi connectivity index (χ3v) is 5.62. The van der Waals surface area contributed by atoms with Crippen molar-refractivity contribution in [1.29, 1.82) is 0 Å². The molecule has 1 heterocycles. The van der Waals surface area contributed by atoms with Gasteiger partial charge in [0.25, 0.3) is 5.91 Å². The van der Waals surface area contributed by atoms with Gasteiger partial charge in [-0.25, -0.2) is 0 Å². The lowest BCUT2D eigenvalue weighted by Gasteiger charge is -2.14. The van der Waals surface area contributed by atoms with Crippen molar-refractivity contribution >= 4 is 34.2 Å². The lowest BCUT2D eigenvalue weighted by Crippen LogP contribution is -2.20. The van der Waals surface area contributed by atoms with E-state index >= 15 is 0 Å². The van der Waals surface area contributed by atoms with Gasteiger partial charge in [-0.3, -0.25) is 9.59 Å². The maximum Gasteiger partial charge on any atom is 0.450 e. The van der Waals surface area contributed by atoms with Crippen LogP contribution in [0.5, 0.6) is 5.75 Å². The number of hydrogen-bond acceptors (Lipinski definition) is 4. The summed E-state index contributed by atoms with van der Waals surface area (Å²) in [5, 5.41) is 2.62. The van der Waals surface area contributed by atoms with Gasteiger partial charge in [0.1, 0.15) is 11.3 Å². The fourth-order valence-electron chi connectivity index (χ4n) is 3.66. The third-order valence-electron chi connectivity index (χ3n) is 5.29. The van der Waals surface area contributed by atoms with Crippen LogP contribution in [0.1, 0.15) is 16.9 Å². The first kappa shape index (κ1) is 24.3. The highest BCUT2D eigenvalue weighted by atomic mass is 35.5. The summed E-state index contributed by atoms with van der Waals surface area (Å²) in [6.07, 6.45) is -4.95. The van der Waals surface area contributed by atoms with Crippen LogP contribution in [0.25, 0.3) is 22.1 Å². The summed E-state index contributed by atoms with van der Waals surface area (Å²) in [4.78, 5) is 25.4. The van der Waals surface area contributed by atoms with Gasteiger partial charge in [-0.05, 0) is 43.7 Å². The van der Waals surface area contributed by atoms with Crippen molar-refractivity contribution in [2.75, 3.05) is 11.9 Å². The number of carbonyl (C=O) groups is 1. The largest absolute Gasteiger partial charge is 0.484 e. The number of carbonyl (C=O) groups excluding carboxylic acids is 1. The fourth-order valence-corrected chi connectivity index (χ4v) is 3.89. The molecular formula is C26H19ClF3NO4. The first-order valence-electron chi connectivity index (χ1n) is 10.5. The molecule has 1 aromatic heterocycles. The number of fused-ring (bicyclic) bond motifs is 1. The van der Waals surface area contributed by atoms with Crippen LogP contribution in [0.15, 0.2) is 69.9 Å². The summed E-state index contributed by atoms with van der Waals surface area (Å²) in [6, 6.07) is 15.1. The Balaban J connectivity index is 1.65. The molecule has 1 N–H and O–H groups in total. The molecule has 0 saturated heterocycles. The van der Waals surface area contributed by atoms with Crippen molar-refractivity contribution in [3.05, 3.63) is 92.8 Å². The van der Waals surface area contributed by atoms with Gasteiger partial charge in [0, 0.05) is 22.3 Å². The molecule has 0 aliphatic carbocycles. The molecule has 9 heteroatoms. The van der Waals surface area contributed by atoms with Gasteiger partial charge < -0.3 is 14.5 Å². The molecule has 1 amide bonds. The highest BCUT2D eigenvalue weighted by Crippen LogP contribution is 2.39. The first-order valence-corrected chi connectivity index (χ1v) is 10.9. The second-order valence-corrected chi connectivity index (χ2v) is 8.33. The quantitative estimate of drug-likeness (QED) is 0.328. The van der Waals surface area contributed by atoms with E-state index in [0.717, 1.165) is 17.2 Å². The number of amides is 1. The van der Waals surface area contributed by atoms with Crippen LogP contribution in [0.4, 0.5) is 18.9 Å². The van der Waals surface area contributed by atoms with E-state index < -0.39 is 35.4 Å². The van der Waals surface area contributed by atoms with Gasteiger partial charge in [-0.1, -0.05) is 47.5 Å². The van der Waals surface area contributed by atoms with Gasteiger partial charge in [-0.15, -0.1) is 0 Å². The van der Waals surface area contributed by atoms with Gasteiger partial charge in [0.05, 0.1) is 10.9 Å².